The summed E-state index contributed by atoms with van der Waals surface area (Å²) in [5.41, 5.74) is 1.28. The summed E-state index contributed by atoms with van der Waals surface area (Å²) < 4.78 is 2.24. The lowest BCUT2D eigenvalue weighted by Gasteiger charge is -2.27. The quantitative estimate of drug-likeness (QED) is 0.904. The molecule has 1 saturated heterocycles. The van der Waals surface area contributed by atoms with Crippen LogP contribution in [-0.2, 0) is 6.42 Å². The maximum Gasteiger partial charge on any atom is 0.0640 e. The van der Waals surface area contributed by atoms with Crippen molar-refractivity contribution in [3.05, 3.63) is 18.0 Å². The van der Waals surface area contributed by atoms with Crippen LogP contribution in [0.4, 0.5) is 0 Å². The summed E-state index contributed by atoms with van der Waals surface area (Å²) in [4.78, 5) is 0. The Kier molecular flexibility index (Phi) is 4.21. The van der Waals surface area contributed by atoms with Crippen molar-refractivity contribution in [3.8, 4) is 0 Å². The number of nitrogens with zero attached hydrogens (tertiary/aromatic N) is 2. The summed E-state index contributed by atoms with van der Waals surface area (Å²) in [6.07, 6.45) is 12.8. The second kappa shape index (κ2) is 6.08. The molecule has 0 spiro atoms. The van der Waals surface area contributed by atoms with Crippen LogP contribution in [0.25, 0.3) is 0 Å². The zero-order valence-corrected chi connectivity index (χ0v) is 12.1. The van der Waals surface area contributed by atoms with E-state index >= 15 is 0 Å². The Morgan fingerprint density at radius 2 is 2.05 bits per heavy atom. The van der Waals surface area contributed by atoms with Crippen LogP contribution in [0.3, 0.4) is 0 Å². The minimum Gasteiger partial charge on any atom is -0.313 e. The van der Waals surface area contributed by atoms with E-state index in [-0.39, 0.29) is 0 Å². The molecule has 1 N–H and O–H groups in total. The Balaban J connectivity index is 1.55. The van der Waals surface area contributed by atoms with Crippen LogP contribution >= 0.6 is 0 Å². The van der Waals surface area contributed by atoms with E-state index in [0.29, 0.717) is 12.1 Å². The van der Waals surface area contributed by atoms with Gasteiger partial charge in [-0.05, 0) is 44.2 Å². The maximum atomic E-state index is 4.82. The molecule has 3 heteroatoms. The lowest BCUT2D eigenvalue weighted by Crippen LogP contribution is -2.39. The minimum absolute atomic E-state index is 0.644. The molecule has 106 valence electrons. The van der Waals surface area contributed by atoms with Gasteiger partial charge in [0.25, 0.3) is 0 Å². The first-order chi connectivity index (χ1) is 9.31. The van der Waals surface area contributed by atoms with E-state index in [2.05, 4.69) is 29.2 Å². The fourth-order valence-corrected chi connectivity index (χ4v) is 3.52. The van der Waals surface area contributed by atoms with E-state index in [1.165, 1.54) is 57.2 Å². The van der Waals surface area contributed by atoms with Crippen LogP contribution in [0.1, 0.15) is 63.6 Å². The zero-order valence-electron chi connectivity index (χ0n) is 12.1. The van der Waals surface area contributed by atoms with Crippen molar-refractivity contribution in [2.75, 3.05) is 6.54 Å². The smallest absolute Gasteiger partial charge is 0.0640 e. The lowest BCUT2D eigenvalue weighted by molar-refractivity contribution is 0.316. The highest BCUT2D eigenvalue weighted by molar-refractivity contribution is 5.03. The zero-order chi connectivity index (χ0) is 13.1. The van der Waals surface area contributed by atoms with E-state index in [9.17, 15) is 0 Å². The minimum atomic E-state index is 0.644. The maximum absolute atomic E-state index is 4.82. The summed E-state index contributed by atoms with van der Waals surface area (Å²) in [5, 5.41) is 8.48. The third-order valence-electron chi connectivity index (χ3n) is 4.83. The molecule has 19 heavy (non-hydrogen) atoms. The third-order valence-corrected chi connectivity index (χ3v) is 4.83. The second-order valence-corrected chi connectivity index (χ2v) is 6.57. The molecule has 1 saturated carbocycles. The second-order valence-electron chi connectivity index (χ2n) is 6.57. The van der Waals surface area contributed by atoms with Gasteiger partial charge in [-0.2, -0.15) is 5.10 Å². The average molecular weight is 261 g/mol. The van der Waals surface area contributed by atoms with Crippen molar-refractivity contribution in [1.29, 1.82) is 0 Å². The molecule has 1 aliphatic carbocycles. The molecule has 2 aliphatic rings. The highest BCUT2D eigenvalue weighted by atomic mass is 15.3. The first kappa shape index (κ1) is 13.2. The molecule has 3 rings (SSSR count). The third kappa shape index (κ3) is 3.38. The molecule has 1 aromatic heterocycles. The number of nitrogens with one attached hydrogen (secondary N) is 1. The average Bonchev–Trinajstić information content (AvgIpc) is 2.91. The largest absolute Gasteiger partial charge is 0.313 e. The van der Waals surface area contributed by atoms with Gasteiger partial charge in [0.1, 0.15) is 0 Å². The normalized spacial score (nSPS) is 29.5. The number of hydrogen-bond acceptors (Lipinski definition) is 2. The number of hydrogen-bond donors (Lipinski definition) is 1. The SMILES string of the molecule is CC1CCC(Cc2ccn(C3CCCCC3)n2)NC1. The molecule has 0 radical (unpaired) electrons. The Morgan fingerprint density at radius 1 is 1.21 bits per heavy atom. The van der Waals surface area contributed by atoms with Gasteiger partial charge in [0.15, 0.2) is 0 Å². The molecule has 1 aliphatic heterocycles. The molecule has 2 heterocycles. The van der Waals surface area contributed by atoms with E-state index in [1.54, 1.807) is 0 Å². The van der Waals surface area contributed by atoms with Gasteiger partial charge in [-0.1, -0.05) is 26.2 Å². The Bertz CT molecular complexity index is 384. The molecule has 3 nitrogen and oxygen atoms in total. The summed E-state index contributed by atoms with van der Waals surface area (Å²) >= 11 is 0. The standard InChI is InChI=1S/C16H27N3/c1-13-7-8-14(17-12-13)11-15-9-10-19(18-15)16-5-3-2-4-6-16/h9-10,13-14,16-17H,2-8,11-12H2,1H3. The number of piperidine rings is 1. The fraction of sp³-hybridized carbons (Fsp3) is 0.812. The van der Waals surface area contributed by atoms with Gasteiger partial charge in [0.05, 0.1) is 11.7 Å². The van der Waals surface area contributed by atoms with E-state index in [1.807, 2.05) is 0 Å². The predicted molar refractivity (Wildman–Crippen MR) is 78.2 cm³/mol. The van der Waals surface area contributed by atoms with E-state index < -0.39 is 0 Å². The topological polar surface area (TPSA) is 29.9 Å². The molecule has 2 atom stereocenters. The van der Waals surface area contributed by atoms with Crippen LogP contribution in [0.2, 0.25) is 0 Å². The van der Waals surface area contributed by atoms with Crippen molar-refractivity contribution in [3.63, 3.8) is 0 Å². The summed E-state index contributed by atoms with van der Waals surface area (Å²) in [6.45, 7) is 3.51. The summed E-state index contributed by atoms with van der Waals surface area (Å²) in [6, 6.07) is 3.54. The molecule has 2 fully saturated rings. The predicted octanol–water partition coefficient (Wildman–Crippen LogP) is 3.32. The highest BCUT2D eigenvalue weighted by Crippen LogP contribution is 2.27. The van der Waals surface area contributed by atoms with Crippen LogP contribution < -0.4 is 5.32 Å². The van der Waals surface area contributed by atoms with E-state index in [4.69, 9.17) is 5.10 Å². The molecule has 0 bridgehead atoms. The molecular formula is C16H27N3. The molecule has 0 aromatic carbocycles. The van der Waals surface area contributed by atoms with Gasteiger partial charge >= 0.3 is 0 Å². The van der Waals surface area contributed by atoms with Crippen LogP contribution in [-0.4, -0.2) is 22.4 Å². The van der Waals surface area contributed by atoms with Gasteiger partial charge < -0.3 is 5.32 Å². The van der Waals surface area contributed by atoms with Gasteiger partial charge in [-0.25, -0.2) is 0 Å². The van der Waals surface area contributed by atoms with Crippen LogP contribution in [0, 0.1) is 5.92 Å². The van der Waals surface area contributed by atoms with Crippen molar-refractivity contribution >= 4 is 0 Å². The molecule has 0 amide bonds. The van der Waals surface area contributed by atoms with E-state index in [0.717, 1.165) is 12.3 Å². The first-order valence-electron chi connectivity index (χ1n) is 8.08. The number of rotatable bonds is 3. The fourth-order valence-electron chi connectivity index (χ4n) is 3.52. The van der Waals surface area contributed by atoms with Crippen molar-refractivity contribution < 1.29 is 0 Å². The Hall–Kier alpha value is -0.830. The van der Waals surface area contributed by atoms with Gasteiger partial charge in [-0.3, -0.25) is 4.68 Å². The summed E-state index contributed by atoms with van der Waals surface area (Å²) in [7, 11) is 0. The molecular weight excluding hydrogens is 234 g/mol. The molecule has 1 aromatic rings. The van der Waals surface area contributed by atoms with Crippen molar-refractivity contribution in [1.82, 2.24) is 15.1 Å². The van der Waals surface area contributed by atoms with Gasteiger partial charge in [0.2, 0.25) is 0 Å². The lowest BCUT2D eigenvalue weighted by atomic mass is 9.94. The summed E-state index contributed by atoms with van der Waals surface area (Å²) in [5.74, 6) is 0.844. The van der Waals surface area contributed by atoms with Gasteiger partial charge in [-0.15, -0.1) is 0 Å². The monoisotopic (exact) mass is 261 g/mol. The molecule has 2 unspecified atom stereocenters. The van der Waals surface area contributed by atoms with Crippen LogP contribution in [0.5, 0.6) is 0 Å². The van der Waals surface area contributed by atoms with Crippen LogP contribution in [0.15, 0.2) is 12.3 Å². The Morgan fingerprint density at radius 3 is 2.79 bits per heavy atom. The van der Waals surface area contributed by atoms with Crippen molar-refractivity contribution in [2.24, 2.45) is 5.92 Å². The van der Waals surface area contributed by atoms with Gasteiger partial charge in [0, 0.05) is 18.7 Å². The highest BCUT2D eigenvalue weighted by Gasteiger charge is 2.20. The first-order valence-corrected chi connectivity index (χ1v) is 8.08. The Labute approximate surface area is 116 Å². The van der Waals surface area contributed by atoms with Crippen molar-refractivity contribution in [2.45, 2.75) is 70.4 Å². The number of aromatic nitrogens is 2.